The highest BCUT2D eigenvalue weighted by atomic mass is 32.3. The van der Waals surface area contributed by atoms with E-state index in [1.807, 2.05) is 7.05 Å². The SMILES string of the molecule is CNC[C@H](CCN1c2ccccc2N(c2ccc(F)cc2F)S1(O)O)OC. The maximum Gasteiger partial charge on any atom is 0.151 e. The van der Waals surface area contributed by atoms with Gasteiger partial charge in [0.25, 0.3) is 0 Å². The average Bonchev–Trinajstić information content (AvgIpc) is 2.85. The lowest BCUT2D eigenvalue weighted by atomic mass is 10.2. The van der Waals surface area contributed by atoms with Crippen LogP contribution in [0.5, 0.6) is 0 Å². The number of hydrogen-bond acceptors (Lipinski definition) is 6. The normalized spacial score (nSPS) is 17.7. The summed E-state index contributed by atoms with van der Waals surface area (Å²) in [5.74, 6) is -1.59. The summed E-state index contributed by atoms with van der Waals surface area (Å²) in [7, 11) is -0.161. The fraction of sp³-hybridized carbons (Fsp3) is 0.333. The lowest BCUT2D eigenvalue weighted by Crippen LogP contribution is -2.35. The molecule has 1 aliphatic rings. The zero-order chi connectivity index (χ0) is 19.6. The van der Waals surface area contributed by atoms with Crippen LogP contribution in [0.15, 0.2) is 42.5 Å². The van der Waals surface area contributed by atoms with Crippen molar-refractivity contribution < 1.29 is 22.6 Å². The van der Waals surface area contributed by atoms with Crippen LogP contribution in [0.25, 0.3) is 0 Å². The van der Waals surface area contributed by atoms with Crippen molar-refractivity contribution in [3.05, 3.63) is 54.1 Å². The quantitative estimate of drug-likeness (QED) is 0.651. The van der Waals surface area contributed by atoms with Gasteiger partial charge in [0, 0.05) is 26.3 Å². The molecule has 27 heavy (non-hydrogen) atoms. The molecule has 148 valence electrons. The molecular weight excluding hydrogens is 376 g/mol. The van der Waals surface area contributed by atoms with Gasteiger partial charge in [-0.3, -0.25) is 13.4 Å². The van der Waals surface area contributed by atoms with Crippen molar-refractivity contribution in [2.24, 2.45) is 0 Å². The maximum absolute atomic E-state index is 14.4. The third kappa shape index (κ3) is 3.74. The van der Waals surface area contributed by atoms with Gasteiger partial charge < -0.3 is 10.1 Å². The lowest BCUT2D eigenvalue weighted by molar-refractivity contribution is 0.0984. The molecule has 3 N–H and O–H groups in total. The molecule has 0 fully saturated rings. The summed E-state index contributed by atoms with van der Waals surface area (Å²) in [6, 6.07) is 9.94. The van der Waals surface area contributed by atoms with E-state index in [0.29, 0.717) is 30.9 Å². The first-order chi connectivity index (χ1) is 12.9. The molecule has 0 radical (unpaired) electrons. The van der Waals surface area contributed by atoms with Gasteiger partial charge in [-0.15, -0.1) is 0 Å². The first-order valence-electron chi connectivity index (χ1n) is 8.47. The Morgan fingerprint density at radius 2 is 1.81 bits per heavy atom. The fourth-order valence-electron chi connectivity index (χ4n) is 3.15. The molecule has 6 nitrogen and oxygen atoms in total. The van der Waals surface area contributed by atoms with Crippen molar-refractivity contribution in [2.75, 3.05) is 35.9 Å². The number of likely N-dealkylation sites (N-methyl/N-ethyl adjacent to an activating group) is 1. The first-order valence-corrected chi connectivity index (χ1v) is 9.94. The van der Waals surface area contributed by atoms with Crippen molar-refractivity contribution in [1.29, 1.82) is 0 Å². The summed E-state index contributed by atoms with van der Waals surface area (Å²) in [5, 5.41) is 3.02. The highest BCUT2D eigenvalue weighted by Gasteiger charge is 2.42. The van der Waals surface area contributed by atoms with Crippen LogP contribution >= 0.6 is 11.0 Å². The smallest absolute Gasteiger partial charge is 0.151 e. The van der Waals surface area contributed by atoms with E-state index in [1.165, 1.54) is 10.4 Å². The van der Waals surface area contributed by atoms with Gasteiger partial charge in [0.1, 0.15) is 11.5 Å². The maximum atomic E-state index is 14.4. The van der Waals surface area contributed by atoms with E-state index in [1.54, 1.807) is 31.4 Å². The van der Waals surface area contributed by atoms with Gasteiger partial charge in [-0.05, 0) is 48.7 Å². The topological polar surface area (TPSA) is 68.2 Å². The predicted octanol–water partition coefficient (Wildman–Crippen LogP) is 4.13. The van der Waals surface area contributed by atoms with Gasteiger partial charge in [0.2, 0.25) is 0 Å². The van der Waals surface area contributed by atoms with E-state index in [2.05, 4.69) is 5.32 Å². The number of benzene rings is 2. The molecule has 1 atom stereocenters. The lowest BCUT2D eigenvalue weighted by Gasteiger charge is -2.44. The third-order valence-electron chi connectivity index (χ3n) is 4.46. The number of fused-ring (bicyclic) bond motifs is 1. The number of nitrogens with one attached hydrogen (secondary N) is 1. The molecule has 1 aliphatic heterocycles. The molecule has 2 aromatic carbocycles. The second-order valence-corrected chi connectivity index (χ2v) is 7.96. The molecular formula is C18H23F2N3O3S. The van der Waals surface area contributed by atoms with Crippen LogP contribution in [0.1, 0.15) is 6.42 Å². The van der Waals surface area contributed by atoms with Crippen molar-refractivity contribution in [1.82, 2.24) is 5.32 Å². The Labute approximate surface area is 159 Å². The standard InChI is InChI=1S/C18H23F2N3O3S/c1-21-12-14(26-2)9-10-22-17-5-3-4-6-18(17)23(27(22,24)25)16-8-7-13(19)11-15(16)20/h3-8,11,14,21,24-25H,9-10,12H2,1-2H3/t14-/m0/s1. The second-order valence-electron chi connectivity index (χ2n) is 6.17. The Morgan fingerprint density at radius 3 is 2.44 bits per heavy atom. The van der Waals surface area contributed by atoms with E-state index < -0.39 is 22.6 Å². The minimum absolute atomic E-state index is 0.0927. The van der Waals surface area contributed by atoms with Crippen LogP contribution in [-0.2, 0) is 4.74 Å². The Kier molecular flexibility index (Phi) is 5.87. The van der Waals surface area contributed by atoms with E-state index in [4.69, 9.17) is 4.74 Å². The summed E-state index contributed by atoms with van der Waals surface area (Å²) < 4.78 is 57.6. The van der Waals surface area contributed by atoms with Crippen LogP contribution < -0.4 is 13.9 Å². The van der Waals surface area contributed by atoms with E-state index in [0.717, 1.165) is 16.4 Å². The second kappa shape index (κ2) is 7.99. The molecule has 1 heterocycles. The van der Waals surface area contributed by atoms with E-state index in [9.17, 15) is 17.9 Å². The minimum atomic E-state index is -3.57. The zero-order valence-corrected chi connectivity index (χ0v) is 15.9. The highest BCUT2D eigenvalue weighted by molar-refractivity contribution is 8.27. The average molecular weight is 399 g/mol. The number of nitrogens with zero attached hydrogens (tertiary/aromatic N) is 2. The minimum Gasteiger partial charge on any atom is -0.380 e. The van der Waals surface area contributed by atoms with Gasteiger partial charge in [0.05, 0.1) is 17.5 Å². The number of para-hydroxylation sites is 2. The molecule has 0 amide bonds. The monoisotopic (exact) mass is 399 g/mol. The van der Waals surface area contributed by atoms with Crippen molar-refractivity contribution in [3.63, 3.8) is 0 Å². The molecule has 0 aliphatic carbocycles. The van der Waals surface area contributed by atoms with Crippen LogP contribution in [-0.4, -0.2) is 42.5 Å². The fourth-order valence-corrected chi connectivity index (χ4v) is 4.95. The Bertz CT molecular complexity index is 809. The molecule has 0 bridgehead atoms. The van der Waals surface area contributed by atoms with Crippen molar-refractivity contribution >= 4 is 28.0 Å². The molecule has 3 rings (SSSR count). The summed E-state index contributed by atoms with van der Waals surface area (Å²) in [4.78, 5) is 0. The number of methoxy groups -OCH3 is 1. The Morgan fingerprint density at radius 1 is 1.11 bits per heavy atom. The zero-order valence-electron chi connectivity index (χ0n) is 15.1. The van der Waals surface area contributed by atoms with E-state index >= 15 is 0 Å². The van der Waals surface area contributed by atoms with Crippen LogP contribution in [0.2, 0.25) is 0 Å². The molecule has 0 saturated heterocycles. The molecule has 0 spiro atoms. The van der Waals surface area contributed by atoms with Crippen LogP contribution in [0.3, 0.4) is 0 Å². The number of anilines is 3. The van der Waals surface area contributed by atoms with Gasteiger partial charge >= 0.3 is 0 Å². The summed E-state index contributed by atoms with van der Waals surface area (Å²) in [6.45, 7) is 0.903. The summed E-state index contributed by atoms with van der Waals surface area (Å²) in [6.07, 6.45) is 0.412. The molecule has 0 saturated carbocycles. The predicted molar refractivity (Wildman–Crippen MR) is 104 cm³/mol. The number of hydrogen-bond donors (Lipinski definition) is 3. The summed E-state index contributed by atoms with van der Waals surface area (Å²) >= 11 is 0. The van der Waals surface area contributed by atoms with Crippen LogP contribution in [0, 0.1) is 11.6 Å². The summed E-state index contributed by atoms with van der Waals surface area (Å²) in [5.41, 5.74) is 0.927. The number of rotatable bonds is 7. The van der Waals surface area contributed by atoms with Crippen LogP contribution in [0.4, 0.5) is 25.8 Å². The van der Waals surface area contributed by atoms with E-state index in [-0.39, 0.29) is 11.8 Å². The largest absolute Gasteiger partial charge is 0.380 e. The van der Waals surface area contributed by atoms with Crippen molar-refractivity contribution in [2.45, 2.75) is 12.5 Å². The highest BCUT2D eigenvalue weighted by Crippen LogP contribution is 2.64. The van der Waals surface area contributed by atoms with Crippen molar-refractivity contribution in [3.8, 4) is 0 Å². The van der Waals surface area contributed by atoms with Gasteiger partial charge in [-0.1, -0.05) is 12.1 Å². The third-order valence-corrected chi connectivity index (χ3v) is 6.31. The molecule has 2 aromatic rings. The molecule has 0 unspecified atom stereocenters. The first kappa shape index (κ1) is 19.8. The molecule has 0 aromatic heterocycles. The Balaban J connectivity index is 1.97. The number of ether oxygens (including phenoxy) is 1. The number of halogens is 2. The van der Waals surface area contributed by atoms with Gasteiger partial charge in [-0.2, -0.15) is 0 Å². The molecule has 9 heteroatoms. The van der Waals surface area contributed by atoms with Gasteiger partial charge in [-0.25, -0.2) is 13.1 Å². The Hall–Kier alpha value is -1.91. The van der Waals surface area contributed by atoms with Gasteiger partial charge in [0.15, 0.2) is 5.82 Å².